The summed E-state index contributed by atoms with van der Waals surface area (Å²) in [6, 6.07) is 10.5. The van der Waals surface area contributed by atoms with Crippen LogP contribution in [0.15, 0.2) is 40.5 Å². The fourth-order valence-electron chi connectivity index (χ4n) is 1.79. The van der Waals surface area contributed by atoms with Gasteiger partial charge in [0.2, 0.25) is 11.1 Å². The highest BCUT2D eigenvalue weighted by Gasteiger charge is 2.09. The van der Waals surface area contributed by atoms with E-state index in [1.165, 1.54) is 18.9 Å². The molecule has 102 valence electrons. The summed E-state index contributed by atoms with van der Waals surface area (Å²) in [7, 11) is 3.29. The SMILES string of the molecule is CNc1nc(OC)nc(Sc2cc3ccccc3[nH]2)n1. The number of rotatable bonds is 4. The monoisotopic (exact) mass is 287 g/mol. The van der Waals surface area contributed by atoms with Crippen LogP contribution in [0.2, 0.25) is 0 Å². The first-order chi connectivity index (χ1) is 9.78. The number of nitrogens with one attached hydrogen (secondary N) is 2. The zero-order valence-electron chi connectivity index (χ0n) is 11.0. The Kier molecular flexibility index (Phi) is 3.42. The van der Waals surface area contributed by atoms with Gasteiger partial charge >= 0.3 is 6.01 Å². The highest BCUT2D eigenvalue weighted by molar-refractivity contribution is 7.99. The first kappa shape index (κ1) is 12.7. The van der Waals surface area contributed by atoms with Crippen molar-refractivity contribution in [1.82, 2.24) is 19.9 Å². The van der Waals surface area contributed by atoms with Crippen LogP contribution in [0.5, 0.6) is 6.01 Å². The summed E-state index contributed by atoms with van der Waals surface area (Å²) in [5.41, 5.74) is 1.09. The predicted molar refractivity (Wildman–Crippen MR) is 78.3 cm³/mol. The van der Waals surface area contributed by atoms with Crippen molar-refractivity contribution in [3.8, 4) is 6.01 Å². The van der Waals surface area contributed by atoms with E-state index in [1.807, 2.05) is 18.2 Å². The fraction of sp³-hybridized carbons (Fsp3) is 0.154. The normalized spacial score (nSPS) is 10.7. The van der Waals surface area contributed by atoms with Gasteiger partial charge < -0.3 is 15.0 Å². The zero-order chi connectivity index (χ0) is 13.9. The third kappa shape index (κ3) is 2.53. The molecular formula is C13H13N5OS. The Balaban J connectivity index is 1.93. The molecule has 0 radical (unpaired) electrons. The van der Waals surface area contributed by atoms with E-state index in [0.29, 0.717) is 17.1 Å². The average molecular weight is 287 g/mol. The van der Waals surface area contributed by atoms with E-state index in [4.69, 9.17) is 4.74 Å². The van der Waals surface area contributed by atoms with Crippen LogP contribution < -0.4 is 10.1 Å². The summed E-state index contributed by atoms with van der Waals surface area (Å²) >= 11 is 1.43. The van der Waals surface area contributed by atoms with E-state index in [1.54, 1.807) is 7.05 Å². The van der Waals surface area contributed by atoms with Gasteiger partial charge in [0.25, 0.3) is 0 Å². The van der Waals surface area contributed by atoms with Crippen molar-refractivity contribution in [1.29, 1.82) is 0 Å². The van der Waals surface area contributed by atoms with E-state index in [0.717, 1.165) is 15.9 Å². The van der Waals surface area contributed by atoms with Gasteiger partial charge in [-0.15, -0.1) is 0 Å². The van der Waals surface area contributed by atoms with Crippen molar-refractivity contribution in [3.63, 3.8) is 0 Å². The third-order valence-corrected chi connectivity index (χ3v) is 3.51. The van der Waals surface area contributed by atoms with Crippen molar-refractivity contribution in [2.24, 2.45) is 0 Å². The number of anilines is 1. The molecular weight excluding hydrogens is 274 g/mol. The Bertz CT molecular complexity index is 687. The van der Waals surface area contributed by atoms with Crippen LogP contribution in [0.3, 0.4) is 0 Å². The molecule has 0 spiro atoms. The molecule has 1 aromatic carbocycles. The van der Waals surface area contributed by atoms with Crippen LogP contribution >= 0.6 is 11.8 Å². The molecule has 0 saturated heterocycles. The number of methoxy groups -OCH3 is 1. The molecule has 6 nitrogen and oxygen atoms in total. The average Bonchev–Trinajstić information content (AvgIpc) is 2.88. The van der Waals surface area contributed by atoms with E-state index in [9.17, 15) is 0 Å². The number of fused-ring (bicyclic) bond motifs is 1. The number of aromatic nitrogens is 4. The van der Waals surface area contributed by atoms with Crippen LogP contribution in [0.1, 0.15) is 0 Å². The van der Waals surface area contributed by atoms with Crippen LogP contribution in [0.4, 0.5) is 5.95 Å². The van der Waals surface area contributed by atoms with Gasteiger partial charge in [0.15, 0.2) is 0 Å². The van der Waals surface area contributed by atoms with Gasteiger partial charge in [0.1, 0.15) is 0 Å². The maximum Gasteiger partial charge on any atom is 0.321 e. The second-order valence-corrected chi connectivity index (χ2v) is 5.01. The Morgan fingerprint density at radius 1 is 1.20 bits per heavy atom. The lowest BCUT2D eigenvalue weighted by atomic mass is 10.3. The van der Waals surface area contributed by atoms with Gasteiger partial charge in [0.05, 0.1) is 12.1 Å². The Hall–Kier alpha value is -2.28. The molecule has 0 amide bonds. The minimum atomic E-state index is 0.294. The van der Waals surface area contributed by atoms with Crippen LogP contribution in [-0.4, -0.2) is 34.1 Å². The smallest absolute Gasteiger partial charge is 0.321 e. The highest BCUT2D eigenvalue weighted by Crippen LogP contribution is 2.28. The molecule has 2 N–H and O–H groups in total. The second-order valence-electron chi connectivity index (χ2n) is 4.00. The fourth-order valence-corrected chi connectivity index (χ4v) is 2.59. The topological polar surface area (TPSA) is 75.7 Å². The first-order valence-corrected chi connectivity index (χ1v) is 6.83. The van der Waals surface area contributed by atoms with Crippen molar-refractivity contribution in [2.45, 2.75) is 10.2 Å². The largest absolute Gasteiger partial charge is 0.467 e. The maximum atomic E-state index is 5.07. The van der Waals surface area contributed by atoms with Crippen molar-refractivity contribution in [3.05, 3.63) is 30.3 Å². The number of hydrogen-bond acceptors (Lipinski definition) is 6. The Morgan fingerprint density at radius 2 is 2.05 bits per heavy atom. The molecule has 0 fully saturated rings. The predicted octanol–water partition coefficient (Wildman–Crippen LogP) is 2.55. The van der Waals surface area contributed by atoms with E-state index >= 15 is 0 Å². The summed E-state index contributed by atoms with van der Waals surface area (Å²) in [5, 5.41) is 5.60. The number of H-pyrrole nitrogens is 1. The van der Waals surface area contributed by atoms with E-state index in [-0.39, 0.29) is 0 Å². The molecule has 0 aliphatic carbocycles. The van der Waals surface area contributed by atoms with E-state index < -0.39 is 0 Å². The molecule has 2 aromatic heterocycles. The van der Waals surface area contributed by atoms with Gasteiger partial charge in [0, 0.05) is 18.0 Å². The quantitative estimate of drug-likeness (QED) is 0.768. The summed E-state index contributed by atoms with van der Waals surface area (Å²) in [5.74, 6) is 0.482. The van der Waals surface area contributed by atoms with Gasteiger partial charge in [-0.2, -0.15) is 15.0 Å². The summed E-state index contributed by atoms with van der Waals surface area (Å²) in [6.45, 7) is 0. The molecule has 20 heavy (non-hydrogen) atoms. The number of para-hydroxylation sites is 1. The maximum absolute atomic E-state index is 5.07. The molecule has 0 atom stereocenters. The van der Waals surface area contributed by atoms with Gasteiger partial charge in [-0.3, -0.25) is 0 Å². The van der Waals surface area contributed by atoms with Crippen LogP contribution in [-0.2, 0) is 0 Å². The van der Waals surface area contributed by atoms with Crippen LogP contribution in [0.25, 0.3) is 10.9 Å². The molecule has 0 unspecified atom stereocenters. The number of nitrogens with zero attached hydrogens (tertiary/aromatic N) is 3. The number of aromatic amines is 1. The van der Waals surface area contributed by atoms with Crippen LogP contribution in [0, 0.1) is 0 Å². The van der Waals surface area contributed by atoms with Gasteiger partial charge in [-0.25, -0.2) is 0 Å². The van der Waals surface area contributed by atoms with Crippen molar-refractivity contribution in [2.75, 3.05) is 19.5 Å². The lowest BCUT2D eigenvalue weighted by Crippen LogP contribution is -2.02. The Morgan fingerprint density at radius 3 is 2.80 bits per heavy atom. The second kappa shape index (κ2) is 5.38. The number of ether oxygens (including phenoxy) is 1. The molecule has 0 saturated carbocycles. The molecule has 0 aliphatic rings. The van der Waals surface area contributed by atoms with Crippen molar-refractivity contribution < 1.29 is 4.74 Å². The standard InChI is InChI=1S/C13H13N5OS/c1-14-11-16-12(19-2)18-13(17-11)20-10-7-8-5-3-4-6-9(8)15-10/h3-7,15H,1-2H3,(H,14,16,17,18). The summed E-state index contributed by atoms with van der Waals surface area (Å²) in [6.07, 6.45) is 0. The highest BCUT2D eigenvalue weighted by atomic mass is 32.2. The summed E-state index contributed by atoms with van der Waals surface area (Å²) < 4.78 is 5.07. The first-order valence-electron chi connectivity index (χ1n) is 6.02. The molecule has 3 aromatic rings. The number of hydrogen-bond donors (Lipinski definition) is 2. The lowest BCUT2D eigenvalue weighted by Gasteiger charge is -2.04. The molecule has 3 rings (SSSR count). The molecule has 0 bridgehead atoms. The number of benzene rings is 1. The van der Waals surface area contributed by atoms with Gasteiger partial charge in [-0.05, 0) is 23.9 Å². The minimum Gasteiger partial charge on any atom is -0.467 e. The minimum absolute atomic E-state index is 0.294. The summed E-state index contributed by atoms with van der Waals surface area (Å²) in [4.78, 5) is 15.9. The molecule has 7 heteroatoms. The molecule has 0 aliphatic heterocycles. The zero-order valence-corrected chi connectivity index (χ0v) is 11.9. The Labute approximate surface area is 120 Å². The lowest BCUT2D eigenvalue weighted by molar-refractivity contribution is 0.374. The molecule has 2 heterocycles. The third-order valence-electron chi connectivity index (χ3n) is 2.71. The van der Waals surface area contributed by atoms with Crippen molar-refractivity contribution >= 4 is 28.6 Å². The van der Waals surface area contributed by atoms with Gasteiger partial charge in [-0.1, -0.05) is 18.2 Å². The van der Waals surface area contributed by atoms with E-state index in [2.05, 4.69) is 37.4 Å².